The molecule has 23 heavy (non-hydrogen) atoms. The van der Waals surface area contributed by atoms with Gasteiger partial charge in [0.2, 0.25) is 0 Å². The van der Waals surface area contributed by atoms with Gasteiger partial charge in [-0.3, -0.25) is 4.90 Å². The fourth-order valence-electron chi connectivity index (χ4n) is 4.59. The number of benzene rings is 1. The summed E-state index contributed by atoms with van der Waals surface area (Å²) in [6.45, 7) is 7.75. The summed E-state index contributed by atoms with van der Waals surface area (Å²) in [4.78, 5) is 14.5. The lowest BCUT2D eigenvalue weighted by Crippen LogP contribution is -2.38. The van der Waals surface area contributed by atoms with E-state index in [9.17, 15) is 4.79 Å². The summed E-state index contributed by atoms with van der Waals surface area (Å²) < 4.78 is 5.48. The molecule has 4 rings (SSSR count). The van der Waals surface area contributed by atoms with E-state index in [4.69, 9.17) is 4.42 Å². The molecule has 0 amide bonds. The highest BCUT2D eigenvalue weighted by atomic mass is 16.4. The zero-order valence-electron chi connectivity index (χ0n) is 14.1. The molecule has 1 fully saturated rings. The van der Waals surface area contributed by atoms with E-state index >= 15 is 0 Å². The molecule has 2 aromatic rings. The summed E-state index contributed by atoms with van der Waals surface area (Å²) in [7, 11) is 0. The average Bonchev–Trinajstić information content (AvgIpc) is 2.91. The Bertz CT molecular complexity index is 782. The number of nitrogens with zero attached hydrogens (tertiary/aromatic N) is 1. The van der Waals surface area contributed by atoms with Crippen LogP contribution in [0, 0.1) is 11.8 Å². The van der Waals surface area contributed by atoms with Crippen LogP contribution in [0.2, 0.25) is 0 Å². The van der Waals surface area contributed by atoms with Crippen molar-refractivity contribution in [2.45, 2.75) is 46.1 Å². The predicted octanol–water partition coefficient (Wildman–Crippen LogP) is 3.76. The van der Waals surface area contributed by atoms with E-state index < -0.39 is 0 Å². The summed E-state index contributed by atoms with van der Waals surface area (Å²) in [6, 6.07) is 6.07. The van der Waals surface area contributed by atoms with E-state index in [0.717, 1.165) is 60.8 Å². The lowest BCUT2D eigenvalue weighted by Gasteiger charge is -2.35. The van der Waals surface area contributed by atoms with Crippen LogP contribution in [-0.4, -0.2) is 18.0 Å². The van der Waals surface area contributed by atoms with Crippen LogP contribution in [0.25, 0.3) is 11.0 Å². The molecule has 1 saturated heterocycles. The summed E-state index contributed by atoms with van der Waals surface area (Å²) >= 11 is 0. The van der Waals surface area contributed by atoms with E-state index in [1.807, 2.05) is 0 Å². The van der Waals surface area contributed by atoms with Gasteiger partial charge in [0.1, 0.15) is 5.58 Å². The maximum atomic E-state index is 12.0. The molecule has 3 nitrogen and oxygen atoms in total. The Kier molecular flexibility index (Phi) is 3.76. The summed E-state index contributed by atoms with van der Waals surface area (Å²) in [6.07, 6.45) is 4.79. The lowest BCUT2D eigenvalue weighted by atomic mass is 9.91. The van der Waals surface area contributed by atoms with Crippen LogP contribution in [0.1, 0.15) is 43.4 Å². The fourth-order valence-corrected chi connectivity index (χ4v) is 4.59. The van der Waals surface area contributed by atoms with Gasteiger partial charge < -0.3 is 4.42 Å². The second-order valence-corrected chi connectivity index (χ2v) is 7.70. The zero-order valence-corrected chi connectivity index (χ0v) is 14.1. The third-order valence-corrected chi connectivity index (χ3v) is 5.38. The molecule has 1 aromatic heterocycles. The van der Waals surface area contributed by atoms with E-state index in [0.29, 0.717) is 0 Å². The van der Waals surface area contributed by atoms with Crippen molar-refractivity contribution in [2.24, 2.45) is 11.8 Å². The Morgan fingerprint density at radius 3 is 2.52 bits per heavy atom. The Morgan fingerprint density at radius 1 is 1.09 bits per heavy atom. The maximum Gasteiger partial charge on any atom is 0.336 e. The minimum atomic E-state index is -0.219. The van der Waals surface area contributed by atoms with Crippen molar-refractivity contribution < 1.29 is 4.42 Å². The second kappa shape index (κ2) is 5.79. The molecular weight excluding hydrogens is 286 g/mol. The lowest BCUT2D eigenvalue weighted by molar-refractivity contribution is 0.134. The van der Waals surface area contributed by atoms with Crippen LogP contribution in [0.15, 0.2) is 27.4 Å². The molecule has 0 bridgehead atoms. The van der Waals surface area contributed by atoms with Gasteiger partial charge in [-0.1, -0.05) is 13.8 Å². The van der Waals surface area contributed by atoms with Crippen LogP contribution in [-0.2, 0) is 19.4 Å². The van der Waals surface area contributed by atoms with Gasteiger partial charge in [-0.15, -0.1) is 0 Å². The van der Waals surface area contributed by atoms with Crippen LogP contribution >= 0.6 is 0 Å². The Balaban J connectivity index is 1.72. The smallest absolute Gasteiger partial charge is 0.336 e. The van der Waals surface area contributed by atoms with Crippen LogP contribution in [0.3, 0.4) is 0 Å². The second-order valence-electron chi connectivity index (χ2n) is 7.70. The summed E-state index contributed by atoms with van der Waals surface area (Å²) in [5.74, 6) is 1.46. The third kappa shape index (κ3) is 2.94. The van der Waals surface area contributed by atoms with Crippen LogP contribution in [0.5, 0.6) is 0 Å². The van der Waals surface area contributed by atoms with E-state index in [-0.39, 0.29) is 5.63 Å². The first-order valence-electron chi connectivity index (χ1n) is 8.89. The molecule has 122 valence electrons. The van der Waals surface area contributed by atoms with Crippen molar-refractivity contribution in [2.75, 3.05) is 13.1 Å². The van der Waals surface area contributed by atoms with Gasteiger partial charge in [-0.05, 0) is 66.3 Å². The molecule has 1 aliphatic carbocycles. The number of hydrogen-bond donors (Lipinski definition) is 0. The largest absolute Gasteiger partial charge is 0.423 e. The van der Waals surface area contributed by atoms with Crippen molar-refractivity contribution >= 4 is 11.0 Å². The normalized spacial score (nSPS) is 25.0. The highest BCUT2D eigenvalue weighted by Gasteiger charge is 2.23. The van der Waals surface area contributed by atoms with Crippen molar-refractivity contribution in [3.05, 3.63) is 45.3 Å². The SMILES string of the molecule is C[C@@H]1C[C@H](C)CN(Cc2cc(=O)oc3cc4c(cc23)CCC4)C1. The summed E-state index contributed by atoms with van der Waals surface area (Å²) in [5, 5.41) is 1.14. The molecule has 0 unspecified atom stereocenters. The molecule has 2 aliphatic rings. The first-order chi connectivity index (χ1) is 11.1. The van der Waals surface area contributed by atoms with E-state index in [2.05, 4.69) is 30.9 Å². The van der Waals surface area contributed by atoms with E-state index in [1.165, 1.54) is 24.0 Å². The highest BCUT2D eigenvalue weighted by molar-refractivity contribution is 5.82. The van der Waals surface area contributed by atoms with Gasteiger partial charge in [-0.2, -0.15) is 0 Å². The number of likely N-dealkylation sites (tertiary alicyclic amines) is 1. The highest BCUT2D eigenvalue weighted by Crippen LogP contribution is 2.30. The molecule has 0 spiro atoms. The monoisotopic (exact) mass is 311 g/mol. The summed E-state index contributed by atoms with van der Waals surface area (Å²) in [5.41, 5.74) is 4.48. The van der Waals surface area contributed by atoms with Gasteiger partial charge in [0.05, 0.1) is 0 Å². The van der Waals surface area contributed by atoms with Gasteiger partial charge in [0.25, 0.3) is 0 Å². The van der Waals surface area contributed by atoms with Gasteiger partial charge in [0, 0.05) is 31.1 Å². The van der Waals surface area contributed by atoms with Gasteiger partial charge >= 0.3 is 5.63 Å². The molecule has 0 radical (unpaired) electrons. The molecule has 3 heteroatoms. The van der Waals surface area contributed by atoms with Crippen LogP contribution in [0.4, 0.5) is 0 Å². The van der Waals surface area contributed by atoms with Crippen molar-refractivity contribution in [3.63, 3.8) is 0 Å². The predicted molar refractivity (Wildman–Crippen MR) is 92.7 cm³/mol. The standard InChI is InChI=1S/C20H25NO2/c1-13-6-14(2)11-21(10-13)12-17-9-20(22)23-19-8-16-5-3-4-15(16)7-18(17)19/h7-9,13-14H,3-6,10-12H2,1-2H3/t13-,14+. The molecule has 0 saturated carbocycles. The van der Waals surface area contributed by atoms with Crippen molar-refractivity contribution in [1.29, 1.82) is 0 Å². The van der Waals surface area contributed by atoms with Gasteiger partial charge in [0.15, 0.2) is 0 Å². The molecule has 0 N–H and O–H groups in total. The zero-order chi connectivity index (χ0) is 16.0. The van der Waals surface area contributed by atoms with Gasteiger partial charge in [-0.25, -0.2) is 4.79 Å². The molecule has 1 aliphatic heterocycles. The number of rotatable bonds is 2. The number of fused-ring (bicyclic) bond motifs is 2. The van der Waals surface area contributed by atoms with Crippen LogP contribution < -0.4 is 5.63 Å². The molecular formula is C20H25NO2. The molecule has 2 atom stereocenters. The van der Waals surface area contributed by atoms with Crippen molar-refractivity contribution in [1.82, 2.24) is 4.90 Å². The third-order valence-electron chi connectivity index (χ3n) is 5.38. The number of aryl methyl sites for hydroxylation is 2. The fraction of sp³-hybridized carbons (Fsp3) is 0.550. The molecule has 1 aromatic carbocycles. The Labute approximate surface area is 137 Å². The van der Waals surface area contributed by atoms with E-state index in [1.54, 1.807) is 6.07 Å². The van der Waals surface area contributed by atoms with Crippen molar-refractivity contribution in [3.8, 4) is 0 Å². The average molecular weight is 311 g/mol. The molecule has 2 heterocycles. The number of hydrogen-bond acceptors (Lipinski definition) is 3. The number of piperidine rings is 1. The topological polar surface area (TPSA) is 33.5 Å². The first-order valence-corrected chi connectivity index (χ1v) is 8.89. The maximum absolute atomic E-state index is 12.0. The minimum absolute atomic E-state index is 0.219. The minimum Gasteiger partial charge on any atom is -0.423 e. The quantitative estimate of drug-likeness (QED) is 0.792. The Morgan fingerprint density at radius 2 is 1.78 bits per heavy atom. The first kappa shape index (κ1) is 14.9. The Hall–Kier alpha value is -1.61.